The monoisotopic (exact) mass is 338 g/mol. The summed E-state index contributed by atoms with van der Waals surface area (Å²) in [7, 11) is 1.64. The van der Waals surface area contributed by atoms with Gasteiger partial charge in [-0.1, -0.05) is 30.3 Å². The summed E-state index contributed by atoms with van der Waals surface area (Å²) in [6.45, 7) is 2.50. The lowest BCUT2D eigenvalue weighted by molar-refractivity contribution is 0.237. The third-order valence-electron chi connectivity index (χ3n) is 4.81. The molecule has 0 heterocycles. The third-order valence-corrected chi connectivity index (χ3v) is 4.81. The average Bonchev–Trinajstić information content (AvgIpc) is 2.66. The maximum absolute atomic E-state index is 12.2. The Kier molecular flexibility index (Phi) is 5.59. The van der Waals surface area contributed by atoms with Gasteiger partial charge in [0.1, 0.15) is 5.75 Å². The summed E-state index contributed by atoms with van der Waals surface area (Å²) in [5, 5.41) is 5.93. The molecule has 25 heavy (non-hydrogen) atoms. The lowest BCUT2D eigenvalue weighted by Crippen LogP contribution is -2.36. The zero-order chi connectivity index (χ0) is 17.6. The summed E-state index contributed by atoms with van der Waals surface area (Å²) in [4.78, 5) is 12.2. The van der Waals surface area contributed by atoms with Crippen LogP contribution in [0.1, 0.15) is 48.1 Å². The van der Waals surface area contributed by atoms with Gasteiger partial charge in [0.2, 0.25) is 0 Å². The second-order valence-corrected chi connectivity index (χ2v) is 6.64. The van der Waals surface area contributed by atoms with Gasteiger partial charge in [0.25, 0.3) is 0 Å². The van der Waals surface area contributed by atoms with Crippen LogP contribution >= 0.6 is 0 Å². The number of rotatable bonds is 5. The van der Waals surface area contributed by atoms with Crippen molar-refractivity contribution < 1.29 is 9.53 Å². The average molecular weight is 338 g/mol. The Labute approximate surface area is 149 Å². The summed E-state index contributed by atoms with van der Waals surface area (Å²) in [5.41, 5.74) is 5.08. The zero-order valence-corrected chi connectivity index (χ0v) is 15.0. The van der Waals surface area contributed by atoms with E-state index in [-0.39, 0.29) is 12.1 Å². The van der Waals surface area contributed by atoms with Crippen molar-refractivity contribution in [1.29, 1.82) is 0 Å². The fraction of sp³-hybridized carbons (Fsp3) is 0.381. The van der Waals surface area contributed by atoms with E-state index in [1.165, 1.54) is 30.4 Å². The highest BCUT2D eigenvalue weighted by Gasteiger charge is 2.14. The largest absolute Gasteiger partial charge is 0.497 e. The number of hydrogen-bond acceptors (Lipinski definition) is 2. The first-order chi connectivity index (χ1) is 12.2. The van der Waals surface area contributed by atoms with Gasteiger partial charge in [-0.3, -0.25) is 0 Å². The second-order valence-electron chi connectivity index (χ2n) is 6.64. The first-order valence-corrected chi connectivity index (χ1v) is 8.94. The zero-order valence-electron chi connectivity index (χ0n) is 15.0. The van der Waals surface area contributed by atoms with Crippen LogP contribution in [0.25, 0.3) is 0 Å². The van der Waals surface area contributed by atoms with E-state index in [4.69, 9.17) is 4.74 Å². The highest BCUT2D eigenvalue weighted by molar-refractivity contribution is 5.74. The Hall–Kier alpha value is -2.49. The molecule has 0 bridgehead atoms. The molecule has 4 nitrogen and oxygen atoms in total. The fourth-order valence-corrected chi connectivity index (χ4v) is 3.32. The fourth-order valence-electron chi connectivity index (χ4n) is 3.32. The predicted octanol–water partition coefficient (Wildman–Crippen LogP) is 4.13. The molecule has 0 spiro atoms. The van der Waals surface area contributed by atoms with Crippen molar-refractivity contribution in [2.24, 2.45) is 0 Å². The summed E-state index contributed by atoms with van der Waals surface area (Å²) in [6, 6.07) is 14.1. The van der Waals surface area contributed by atoms with E-state index in [2.05, 4.69) is 28.8 Å². The molecule has 2 aromatic rings. The van der Waals surface area contributed by atoms with E-state index in [0.717, 1.165) is 23.3 Å². The first kappa shape index (κ1) is 17.3. The normalized spacial score (nSPS) is 14.3. The number of benzene rings is 2. The highest BCUT2D eigenvalue weighted by Crippen LogP contribution is 2.24. The van der Waals surface area contributed by atoms with Crippen molar-refractivity contribution in [2.45, 2.75) is 45.2 Å². The van der Waals surface area contributed by atoms with Crippen LogP contribution in [0.5, 0.6) is 5.75 Å². The Bertz CT molecular complexity index is 742. The van der Waals surface area contributed by atoms with Crippen LogP contribution in [0.4, 0.5) is 4.79 Å². The van der Waals surface area contributed by atoms with Crippen LogP contribution in [-0.4, -0.2) is 13.1 Å². The van der Waals surface area contributed by atoms with Crippen molar-refractivity contribution in [3.05, 3.63) is 64.7 Å². The number of amides is 2. The van der Waals surface area contributed by atoms with Gasteiger partial charge in [0.15, 0.2) is 0 Å². The Balaban J connectivity index is 1.55. The molecule has 2 N–H and O–H groups in total. The molecular weight excluding hydrogens is 312 g/mol. The van der Waals surface area contributed by atoms with Gasteiger partial charge in [0, 0.05) is 6.54 Å². The lowest BCUT2D eigenvalue weighted by Gasteiger charge is -2.20. The second kappa shape index (κ2) is 8.06. The Morgan fingerprint density at radius 2 is 1.92 bits per heavy atom. The van der Waals surface area contributed by atoms with Crippen LogP contribution in [0.15, 0.2) is 42.5 Å². The SMILES string of the molecule is COc1cccc(CNC(=O)NC(C)c2ccc3c(c2)CCCC3)c1. The number of carbonyl (C=O) groups is 1. The summed E-state index contributed by atoms with van der Waals surface area (Å²) >= 11 is 0. The minimum Gasteiger partial charge on any atom is -0.497 e. The molecular formula is C21H26N2O2. The van der Waals surface area contributed by atoms with E-state index in [1.54, 1.807) is 7.11 Å². The molecule has 0 aliphatic heterocycles. The minimum atomic E-state index is -0.159. The van der Waals surface area contributed by atoms with Crippen LogP contribution in [0.2, 0.25) is 0 Å². The topological polar surface area (TPSA) is 50.4 Å². The van der Waals surface area contributed by atoms with Gasteiger partial charge in [-0.25, -0.2) is 4.79 Å². The number of methoxy groups -OCH3 is 1. The van der Waals surface area contributed by atoms with Crippen LogP contribution in [0, 0.1) is 0 Å². The summed E-state index contributed by atoms with van der Waals surface area (Å²) in [5.74, 6) is 0.794. The molecule has 3 rings (SSSR count). The number of aryl methyl sites for hydroxylation is 2. The molecule has 0 aromatic heterocycles. The number of hydrogen-bond donors (Lipinski definition) is 2. The standard InChI is InChI=1S/C21H26N2O2/c1-15(18-11-10-17-7-3-4-8-19(17)13-18)23-21(24)22-14-16-6-5-9-20(12-16)25-2/h5-6,9-13,15H,3-4,7-8,14H2,1-2H3,(H2,22,23,24). The van der Waals surface area contributed by atoms with Gasteiger partial charge in [-0.2, -0.15) is 0 Å². The maximum Gasteiger partial charge on any atom is 0.315 e. The van der Waals surface area contributed by atoms with E-state index in [0.29, 0.717) is 6.54 Å². The van der Waals surface area contributed by atoms with Crippen molar-refractivity contribution in [3.8, 4) is 5.75 Å². The van der Waals surface area contributed by atoms with E-state index >= 15 is 0 Å². The van der Waals surface area contributed by atoms with Crippen molar-refractivity contribution >= 4 is 6.03 Å². The molecule has 0 saturated heterocycles. The number of carbonyl (C=O) groups excluding carboxylic acids is 1. The van der Waals surface area contributed by atoms with E-state index in [1.807, 2.05) is 31.2 Å². The van der Waals surface area contributed by atoms with Crippen LogP contribution in [-0.2, 0) is 19.4 Å². The van der Waals surface area contributed by atoms with Crippen molar-refractivity contribution in [1.82, 2.24) is 10.6 Å². The molecule has 1 aliphatic carbocycles. The Morgan fingerprint density at radius 1 is 1.12 bits per heavy atom. The molecule has 1 unspecified atom stereocenters. The number of nitrogens with one attached hydrogen (secondary N) is 2. The quantitative estimate of drug-likeness (QED) is 0.861. The Morgan fingerprint density at radius 3 is 2.72 bits per heavy atom. The third kappa shape index (κ3) is 4.53. The predicted molar refractivity (Wildman–Crippen MR) is 99.9 cm³/mol. The summed E-state index contributed by atoms with van der Waals surface area (Å²) in [6.07, 6.45) is 4.88. The molecule has 0 saturated carbocycles. The van der Waals surface area contributed by atoms with Gasteiger partial charge < -0.3 is 15.4 Å². The highest BCUT2D eigenvalue weighted by atomic mass is 16.5. The molecule has 132 valence electrons. The van der Waals surface area contributed by atoms with E-state index < -0.39 is 0 Å². The van der Waals surface area contributed by atoms with Gasteiger partial charge in [-0.15, -0.1) is 0 Å². The van der Waals surface area contributed by atoms with Crippen molar-refractivity contribution in [3.63, 3.8) is 0 Å². The van der Waals surface area contributed by atoms with Crippen LogP contribution < -0.4 is 15.4 Å². The maximum atomic E-state index is 12.2. The van der Waals surface area contributed by atoms with E-state index in [9.17, 15) is 4.79 Å². The molecule has 4 heteroatoms. The summed E-state index contributed by atoms with van der Waals surface area (Å²) < 4.78 is 5.20. The number of ether oxygens (including phenoxy) is 1. The van der Waals surface area contributed by atoms with Gasteiger partial charge in [-0.05, 0) is 67.0 Å². The lowest BCUT2D eigenvalue weighted by atomic mass is 9.89. The number of urea groups is 1. The molecule has 2 amide bonds. The molecule has 0 radical (unpaired) electrons. The molecule has 0 fully saturated rings. The first-order valence-electron chi connectivity index (χ1n) is 8.94. The molecule has 1 atom stereocenters. The smallest absolute Gasteiger partial charge is 0.315 e. The molecule has 2 aromatic carbocycles. The minimum absolute atomic E-state index is 0.0162. The molecule has 1 aliphatic rings. The number of fused-ring (bicyclic) bond motifs is 1. The van der Waals surface area contributed by atoms with Gasteiger partial charge >= 0.3 is 6.03 Å². The van der Waals surface area contributed by atoms with Crippen LogP contribution in [0.3, 0.4) is 0 Å². The van der Waals surface area contributed by atoms with Crippen molar-refractivity contribution in [2.75, 3.05) is 7.11 Å². The van der Waals surface area contributed by atoms with Gasteiger partial charge in [0.05, 0.1) is 13.2 Å².